The summed E-state index contributed by atoms with van der Waals surface area (Å²) < 4.78 is 16.6. The molecule has 1 aliphatic heterocycles. The fourth-order valence-electron chi connectivity index (χ4n) is 3.74. The molecule has 0 aromatic heterocycles. The predicted octanol–water partition coefficient (Wildman–Crippen LogP) is 4.19. The third-order valence-corrected chi connectivity index (χ3v) is 5.30. The van der Waals surface area contributed by atoms with Crippen LogP contribution in [0.1, 0.15) is 37.9 Å². The second kappa shape index (κ2) is 11.0. The first-order valence-electron chi connectivity index (χ1n) is 11.1. The first-order valence-corrected chi connectivity index (χ1v) is 11.1. The maximum Gasteiger partial charge on any atom is 0.295 e. The van der Waals surface area contributed by atoms with Crippen molar-refractivity contribution < 1.29 is 28.9 Å². The van der Waals surface area contributed by atoms with Crippen LogP contribution < -0.4 is 9.47 Å². The van der Waals surface area contributed by atoms with E-state index in [1.165, 1.54) is 12.0 Å². The van der Waals surface area contributed by atoms with Gasteiger partial charge in [-0.05, 0) is 43.2 Å². The Kier molecular flexibility index (Phi) is 8.11. The predicted molar refractivity (Wildman–Crippen MR) is 125 cm³/mol. The van der Waals surface area contributed by atoms with Gasteiger partial charge in [-0.15, -0.1) is 0 Å². The number of amides is 1. The smallest absolute Gasteiger partial charge is 0.295 e. The maximum absolute atomic E-state index is 13.1. The van der Waals surface area contributed by atoms with Crippen LogP contribution in [0.2, 0.25) is 0 Å². The molecule has 2 aromatic carbocycles. The average molecular weight is 454 g/mol. The molecule has 0 saturated carbocycles. The normalized spacial score (nSPS) is 17.6. The van der Waals surface area contributed by atoms with E-state index in [4.69, 9.17) is 14.2 Å². The van der Waals surface area contributed by atoms with Crippen LogP contribution in [0.3, 0.4) is 0 Å². The molecular formula is C26H31NO6. The summed E-state index contributed by atoms with van der Waals surface area (Å²) in [7, 11) is 1.53. The van der Waals surface area contributed by atoms with Crippen molar-refractivity contribution in [2.24, 2.45) is 5.92 Å². The first-order chi connectivity index (χ1) is 15.9. The fraction of sp³-hybridized carbons (Fsp3) is 0.385. The number of rotatable bonds is 10. The third kappa shape index (κ3) is 5.37. The topological polar surface area (TPSA) is 85.3 Å². The lowest BCUT2D eigenvalue weighted by atomic mass is 9.94. The van der Waals surface area contributed by atoms with Crippen LogP contribution in [-0.2, 0) is 14.3 Å². The minimum Gasteiger partial charge on any atom is -0.507 e. The van der Waals surface area contributed by atoms with Crippen molar-refractivity contribution in [3.8, 4) is 11.5 Å². The van der Waals surface area contributed by atoms with E-state index in [-0.39, 0.29) is 24.5 Å². The van der Waals surface area contributed by atoms with Gasteiger partial charge in [-0.25, -0.2) is 0 Å². The molecule has 1 heterocycles. The van der Waals surface area contributed by atoms with E-state index in [0.717, 1.165) is 0 Å². The zero-order valence-corrected chi connectivity index (χ0v) is 19.5. The molecule has 33 heavy (non-hydrogen) atoms. The third-order valence-electron chi connectivity index (χ3n) is 5.30. The van der Waals surface area contributed by atoms with E-state index in [9.17, 15) is 14.7 Å². The van der Waals surface area contributed by atoms with Crippen molar-refractivity contribution in [3.63, 3.8) is 0 Å². The van der Waals surface area contributed by atoms with Crippen LogP contribution in [0, 0.1) is 5.92 Å². The number of aliphatic hydroxyl groups excluding tert-OH is 1. The van der Waals surface area contributed by atoms with Gasteiger partial charge < -0.3 is 24.2 Å². The molecule has 0 aliphatic carbocycles. The van der Waals surface area contributed by atoms with Crippen molar-refractivity contribution in [2.75, 3.05) is 33.5 Å². The first kappa shape index (κ1) is 24.3. The highest BCUT2D eigenvalue weighted by atomic mass is 16.5. The molecule has 1 saturated heterocycles. The monoisotopic (exact) mass is 453 g/mol. The number of likely N-dealkylation sites (tertiary alicyclic amines) is 1. The van der Waals surface area contributed by atoms with Crippen molar-refractivity contribution in [1.29, 1.82) is 0 Å². The van der Waals surface area contributed by atoms with Gasteiger partial charge >= 0.3 is 0 Å². The zero-order valence-electron chi connectivity index (χ0n) is 19.5. The number of ketones is 1. The highest BCUT2D eigenvalue weighted by Crippen LogP contribution is 2.42. The number of hydrogen-bond acceptors (Lipinski definition) is 6. The average Bonchev–Trinajstić information content (AvgIpc) is 3.06. The van der Waals surface area contributed by atoms with E-state index in [1.54, 1.807) is 36.4 Å². The van der Waals surface area contributed by atoms with E-state index < -0.39 is 17.7 Å². The number of ether oxygens (including phenoxy) is 3. The van der Waals surface area contributed by atoms with Gasteiger partial charge in [0.1, 0.15) is 17.3 Å². The molecule has 176 valence electrons. The Morgan fingerprint density at radius 3 is 2.39 bits per heavy atom. The number of carbonyl (C=O) groups is 2. The van der Waals surface area contributed by atoms with E-state index in [2.05, 4.69) is 13.8 Å². The van der Waals surface area contributed by atoms with Gasteiger partial charge in [0.15, 0.2) is 0 Å². The molecule has 1 fully saturated rings. The van der Waals surface area contributed by atoms with Gasteiger partial charge in [0.2, 0.25) is 0 Å². The summed E-state index contributed by atoms with van der Waals surface area (Å²) in [4.78, 5) is 27.4. The molecule has 3 rings (SSSR count). The van der Waals surface area contributed by atoms with E-state index in [0.29, 0.717) is 41.8 Å². The van der Waals surface area contributed by atoms with Crippen molar-refractivity contribution in [1.82, 2.24) is 4.90 Å². The lowest BCUT2D eigenvalue weighted by Crippen LogP contribution is -2.32. The van der Waals surface area contributed by atoms with Gasteiger partial charge in [-0.1, -0.05) is 32.0 Å². The summed E-state index contributed by atoms with van der Waals surface area (Å²) in [5, 5.41) is 11.2. The van der Waals surface area contributed by atoms with Gasteiger partial charge in [-0.3, -0.25) is 9.59 Å². The number of aliphatic hydroxyl groups is 1. The number of hydrogen-bond donors (Lipinski definition) is 1. The molecular weight excluding hydrogens is 422 g/mol. The quantitative estimate of drug-likeness (QED) is 0.330. The van der Waals surface area contributed by atoms with Gasteiger partial charge in [-0.2, -0.15) is 0 Å². The van der Waals surface area contributed by atoms with Crippen LogP contribution in [-0.4, -0.2) is 55.2 Å². The van der Waals surface area contributed by atoms with Crippen LogP contribution in [0.4, 0.5) is 0 Å². The van der Waals surface area contributed by atoms with Gasteiger partial charge in [0, 0.05) is 24.8 Å². The van der Waals surface area contributed by atoms with E-state index >= 15 is 0 Å². The Bertz CT molecular complexity index is 1010. The van der Waals surface area contributed by atoms with Crippen LogP contribution in [0.5, 0.6) is 11.5 Å². The van der Waals surface area contributed by atoms with Crippen molar-refractivity contribution in [2.45, 2.75) is 26.8 Å². The molecule has 0 bridgehead atoms. The summed E-state index contributed by atoms with van der Waals surface area (Å²) in [6.45, 7) is 7.43. The highest BCUT2D eigenvalue weighted by Gasteiger charge is 2.46. The van der Waals surface area contributed by atoms with Crippen LogP contribution in [0.25, 0.3) is 5.76 Å². The molecule has 1 unspecified atom stereocenters. The number of Topliss-reactive ketones (excluding diaryl/α,β-unsaturated/α-hetero) is 1. The molecule has 0 radical (unpaired) electrons. The second-order valence-corrected chi connectivity index (χ2v) is 8.19. The summed E-state index contributed by atoms with van der Waals surface area (Å²) in [5.74, 6) is -0.0509. The maximum atomic E-state index is 13.1. The number of carbonyl (C=O) groups excluding carboxylic acids is 2. The molecule has 7 heteroatoms. The molecule has 1 amide bonds. The summed E-state index contributed by atoms with van der Waals surface area (Å²) in [5.41, 5.74) is 1.09. The standard InChI is InChI=1S/C26H31NO6/c1-5-32-21-9-7-6-8-20(21)23-22(25(29)26(30)27(23)14-15-31-4)24(28)18-10-12-19(13-11-18)33-16-17(2)3/h6-13,17,23,28H,5,14-16H2,1-4H3/b24-22+. The molecule has 1 aliphatic rings. The second-order valence-electron chi connectivity index (χ2n) is 8.19. The Morgan fingerprint density at radius 1 is 1.06 bits per heavy atom. The Balaban J connectivity index is 2.07. The zero-order chi connectivity index (χ0) is 24.0. The van der Waals surface area contributed by atoms with Gasteiger partial charge in [0.25, 0.3) is 11.7 Å². The van der Waals surface area contributed by atoms with Crippen LogP contribution in [0.15, 0.2) is 54.1 Å². The molecule has 1 N–H and O–H groups in total. The molecule has 2 aromatic rings. The number of benzene rings is 2. The summed E-state index contributed by atoms with van der Waals surface area (Å²) in [6.07, 6.45) is 0. The number of nitrogens with zero attached hydrogens (tertiary/aromatic N) is 1. The minimum atomic E-state index is -0.792. The molecule has 1 atom stereocenters. The highest BCUT2D eigenvalue weighted by molar-refractivity contribution is 6.46. The molecule has 0 spiro atoms. The molecule has 7 nitrogen and oxygen atoms in total. The number of para-hydroxylation sites is 1. The van der Waals surface area contributed by atoms with Crippen molar-refractivity contribution in [3.05, 3.63) is 65.2 Å². The largest absolute Gasteiger partial charge is 0.507 e. The number of methoxy groups -OCH3 is 1. The van der Waals surface area contributed by atoms with Crippen LogP contribution >= 0.6 is 0 Å². The minimum absolute atomic E-state index is 0.0269. The summed E-state index contributed by atoms with van der Waals surface area (Å²) in [6, 6.07) is 13.3. The van der Waals surface area contributed by atoms with Gasteiger partial charge in [0.05, 0.1) is 31.4 Å². The Labute approximate surface area is 194 Å². The SMILES string of the molecule is CCOc1ccccc1C1/C(=C(\O)c2ccc(OCC(C)C)cc2)C(=O)C(=O)N1CCOC. The Hall–Kier alpha value is -3.32. The lowest BCUT2D eigenvalue weighted by molar-refractivity contribution is -0.140. The fourth-order valence-corrected chi connectivity index (χ4v) is 3.74. The van der Waals surface area contributed by atoms with E-state index in [1.807, 2.05) is 19.1 Å². The lowest BCUT2D eigenvalue weighted by Gasteiger charge is -2.26. The summed E-state index contributed by atoms with van der Waals surface area (Å²) >= 11 is 0. The Morgan fingerprint density at radius 2 is 1.76 bits per heavy atom. The van der Waals surface area contributed by atoms with Crippen molar-refractivity contribution >= 4 is 17.4 Å².